The third-order valence-electron chi connectivity index (χ3n) is 4.50. The summed E-state index contributed by atoms with van der Waals surface area (Å²) in [4.78, 5) is 59.0. The molecule has 29 heavy (non-hydrogen) atoms. The average molecular weight is 416 g/mol. The minimum absolute atomic E-state index is 0.308. The van der Waals surface area contributed by atoms with E-state index < -0.39 is 60.2 Å². The first-order valence-corrected chi connectivity index (χ1v) is 9.43. The van der Waals surface area contributed by atoms with Crippen molar-refractivity contribution >= 4 is 29.7 Å². The second-order valence-electron chi connectivity index (χ2n) is 7.37. The van der Waals surface area contributed by atoms with Gasteiger partial charge in [-0.05, 0) is 18.8 Å². The molecule has 0 aromatic carbocycles. The van der Waals surface area contributed by atoms with Crippen LogP contribution in [0.4, 0.5) is 0 Å². The highest BCUT2D eigenvalue weighted by Gasteiger charge is 2.33. The lowest BCUT2D eigenvalue weighted by Gasteiger charge is -2.29. The Morgan fingerprint density at radius 1 is 0.828 bits per heavy atom. The van der Waals surface area contributed by atoms with E-state index in [-0.39, 0.29) is 11.8 Å². The van der Waals surface area contributed by atoms with Gasteiger partial charge in [0.1, 0.15) is 18.1 Å². The van der Waals surface area contributed by atoms with E-state index in [9.17, 15) is 24.0 Å². The predicted molar refractivity (Wildman–Crippen MR) is 104 cm³/mol. The molecule has 0 rings (SSSR count). The van der Waals surface area contributed by atoms with Crippen molar-refractivity contribution in [2.45, 2.75) is 71.6 Å². The Kier molecular flexibility index (Phi) is 10.9. The van der Waals surface area contributed by atoms with Crippen molar-refractivity contribution in [3.05, 3.63) is 0 Å². The van der Waals surface area contributed by atoms with Crippen LogP contribution in [-0.4, -0.2) is 64.0 Å². The zero-order valence-electron chi connectivity index (χ0n) is 17.4. The molecule has 0 radical (unpaired) electrons. The van der Waals surface area contributed by atoms with E-state index in [1.165, 1.54) is 6.92 Å². The van der Waals surface area contributed by atoms with E-state index in [1.807, 2.05) is 6.92 Å². The Morgan fingerprint density at radius 3 is 1.72 bits per heavy atom. The van der Waals surface area contributed by atoms with Crippen molar-refractivity contribution in [3.8, 4) is 0 Å². The molecule has 0 spiro atoms. The van der Waals surface area contributed by atoms with Gasteiger partial charge in [-0.1, -0.05) is 34.1 Å². The Labute approximate surface area is 169 Å². The molecule has 166 valence electrons. The molecule has 7 N–H and O–H groups in total. The molecule has 0 saturated carbocycles. The van der Waals surface area contributed by atoms with Gasteiger partial charge in [0.15, 0.2) is 0 Å². The van der Waals surface area contributed by atoms with E-state index in [1.54, 1.807) is 20.8 Å². The summed E-state index contributed by atoms with van der Waals surface area (Å²) >= 11 is 0. The maximum Gasteiger partial charge on any atom is 0.325 e. The van der Waals surface area contributed by atoms with Crippen LogP contribution in [0.15, 0.2) is 0 Å². The highest BCUT2D eigenvalue weighted by atomic mass is 16.4. The van der Waals surface area contributed by atoms with E-state index in [0.29, 0.717) is 6.42 Å². The monoisotopic (exact) mass is 416 g/mol. The van der Waals surface area contributed by atoms with Crippen LogP contribution in [0.3, 0.4) is 0 Å². The molecule has 0 fully saturated rings. The topological polar surface area (TPSA) is 188 Å². The van der Waals surface area contributed by atoms with Crippen molar-refractivity contribution in [1.29, 1.82) is 0 Å². The number of amides is 3. The van der Waals surface area contributed by atoms with E-state index in [4.69, 9.17) is 15.9 Å². The van der Waals surface area contributed by atoms with E-state index in [2.05, 4.69) is 16.0 Å². The van der Waals surface area contributed by atoms with Crippen LogP contribution in [0.2, 0.25) is 0 Å². The minimum atomic E-state index is -1.33. The van der Waals surface area contributed by atoms with Crippen LogP contribution in [0.1, 0.15) is 47.5 Å². The third-order valence-corrected chi connectivity index (χ3v) is 4.50. The SMILES string of the molecule is CCC(C)C(NC(=O)C(NC(=O)C(N)CC(=O)O)C(C)C)C(=O)NC(C)C(=O)O. The van der Waals surface area contributed by atoms with Gasteiger partial charge in [-0.25, -0.2) is 0 Å². The summed E-state index contributed by atoms with van der Waals surface area (Å²) < 4.78 is 0. The number of nitrogens with two attached hydrogens (primary N) is 1. The van der Waals surface area contributed by atoms with E-state index in [0.717, 1.165) is 0 Å². The Bertz CT molecular complexity index is 623. The molecule has 3 amide bonds. The highest BCUT2D eigenvalue weighted by molar-refractivity contribution is 5.94. The van der Waals surface area contributed by atoms with Gasteiger partial charge in [0.05, 0.1) is 12.5 Å². The molecule has 0 saturated heterocycles. The normalized spacial score (nSPS) is 16.1. The summed E-state index contributed by atoms with van der Waals surface area (Å²) in [6.45, 7) is 8.17. The summed E-state index contributed by atoms with van der Waals surface area (Å²) in [5.41, 5.74) is 5.52. The van der Waals surface area contributed by atoms with Gasteiger partial charge < -0.3 is 31.9 Å². The lowest BCUT2D eigenvalue weighted by Crippen LogP contribution is -2.59. The number of nitrogens with one attached hydrogen (secondary N) is 3. The molecule has 5 atom stereocenters. The molecule has 0 aromatic rings. The quantitative estimate of drug-likeness (QED) is 0.235. The number of carbonyl (C=O) groups excluding carboxylic acids is 3. The number of rotatable bonds is 12. The molecule has 5 unspecified atom stereocenters. The number of aliphatic carboxylic acids is 2. The largest absolute Gasteiger partial charge is 0.481 e. The van der Waals surface area contributed by atoms with Gasteiger partial charge in [0.25, 0.3) is 0 Å². The zero-order chi connectivity index (χ0) is 22.9. The molecular formula is C18H32N4O7. The maximum atomic E-state index is 12.7. The van der Waals surface area contributed by atoms with Crippen molar-refractivity contribution in [1.82, 2.24) is 16.0 Å². The molecular weight excluding hydrogens is 384 g/mol. The fraction of sp³-hybridized carbons (Fsp3) is 0.722. The van der Waals surface area contributed by atoms with Crippen molar-refractivity contribution in [3.63, 3.8) is 0 Å². The summed E-state index contributed by atoms with van der Waals surface area (Å²) in [6, 6.07) is -4.54. The molecule has 0 aromatic heterocycles. The maximum absolute atomic E-state index is 12.7. The summed E-state index contributed by atoms with van der Waals surface area (Å²) in [7, 11) is 0. The zero-order valence-corrected chi connectivity index (χ0v) is 17.4. The second kappa shape index (κ2) is 12.0. The fourth-order valence-electron chi connectivity index (χ4n) is 2.39. The molecule has 0 aliphatic carbocycles. The highest BCUT2D eigenvalue weighted by Crippen LogP contribution is 2.11. The smallest absolute Gasteiger partial charge is 0.325 e. The Balaban J connectivity index is 5.34. The average Bonchev–Trinajstić information content (AvgIpc) is 2.61. The summed E-state index contributed by atoms with van der Waals surface area (Å²) in [6.07, 6.45) is -0.0642. The summed E-state index contributed by atoms with van der Waals surface area (Å²) in [5.74, 6) is -5.26. The molecule has 0 heterocycles. The van der Waals surface area contributed by atoms with Crippen molar-refractivity contribution in [2.24, 2.45) is 17.6 Å². The Morgan fingerprint density at radius 2 is 1.31 bits per heavy atom. The van der Waals surface area contributed by atoms with Gasteiger partial charge in [-0.2, -0.15) is 0 Å². The number of carbonyl (C=O) groups is 5. The molecule has 0 aliphatic rings. The van der Waals surface area contributed by atoms with Gasteiger partial charge in [0.2, 0.25) is 17.7 Å². The minimum Gasteiger partial charge on any atom is -0.481 e. The van der Waals surface area contributed by atoms with Crippen LogP contribution in [0.25, 0.3) is 0 Å². The van der Waals surface area contributed by atoms with Crippen LogP contribution >= 0.6 is 0 Å². The summed E-state index contributed by atoms with van der Waals surface area (Å²) in [5, 5.41) is 25.0. The molecule has 11 heteroatoms. The van der Waals surface area contributed by atoms with Crippen LogP contribution < -0.4 is 21.7 Å². The first-order chi connectivity index (χ1) is 13.3. The number of hydrogen-bond donors (Lipinski definition) is 6. The van der Waals surface area contributed by atoms with Gasteiger partial charge >= 0.3 is 11.9 Å². The van der Waals surface area contributed by atoms with Gasteiger partial charge in [-0.3, -0.25) is 24.0 Å². The molecule has 11 nitrogen and oxygen atoms in total. The van der Waals surface area contributed by atoms with Gasteiger partial charge in [-0.15, -0.1) is 0 Å². The number of hydrogen-bond acceptors (Lipinski definition) is 6. The standard InChI is InChI=1S/C18H32N4O7/c1-6-9(4)14(17(27)20-10(5)18(28)29)22-16(26)13(8(2)3)21-15(25)11(19)7-12(23)24/h8-11,13-14H,6-7,19H2,1-5H3,(H,20,27)(H,21,25)(H,22,26)(H,23,24)(H,28,29). The number of carboxylic acids is 2. The lowest BCUT2D eigenvalue weighted by molar-refractivity contribution is -0.142. The molecule has 0 bridgehead atoms. The van der Waals surface area contributed by atoms with Crippen LogP contribution in [0, 0.1) is 11.8 Å². The Hall–Kier alpha value is -2.69. The fourth-order valence-corrected chi connectivity index (χ4v) is 2.39. The van der Waals surface area contributed by atoms with Crippen molar-refractivity contribution < 1.29 is 34.2 Å². The first kappa shape index (κ1) is 26.3. The lowest BCUT2D eigenvalue weighted by atomic mass is 9.96. The first-order valence-electron chi connectivity index (χ1n) is 9.43. The third kappa shape index (κ3) is 8.90. The van der Waals surface area contributed by atoms with Crippen molar-refractivity contribution in [2.75, 3.05) is 0 Å². The van der Waals surface area contributed by atoms with Gasteiger partial charge in [0, 0.05) is 0 Å². The van der Waals surface area contributed by atoms with Crippen LogP contribution in [0.5, 0.6) is 0 Å². The van der Waals surface area contributed by atoms with E-state index >= 15 is 0 Å². The number of carboxylic acid groups (broad SMARTS) is 2. The predicted octanol–water partition coefficient (Wildman–Crippen LogP) is -0.951. The van der Waals surface area contributed by atoms with Crippen LogP contribution in [-0.2, 0) is 24.0 Å². The second-order valence-corrected chi connectivity index (χ2v) is 7.37. The molecule has 0 aliphatic heterocycles.